The SMILES string of the molecule is COCCOCCCOc1ccccc1F. The molecule has 0 saturated heterocycles. The molecule has 0 radical (unpaired) electrons. The van der Waals surface area contributed by atoms with Crippen molar-refractivity contribution in [3.8, 4) is 5.75 Å². The van der Waals surface area contributed by atoms with Crippen LogP contribution in [0.15, 0.2) is 24.3 Å². The lowest BCUT2D eigenvalue weighted by Gasteiger charge is -2.07. The highest BCUT2D eigenvalue weighted by Gasteiger charge is 2.00. The third-order valence-corrected chi connectivity index (χ3v) is 1.96. The number of hydrogen-bond acceptors (Lipinski definition) is 3. The first-order valence-electron chi connectivity index (χ1n) is 5.28. The minimum atomic E-state index is -0.331. The maximum atomic E-state index is 13.1. The van der Waals surface area contributed by atoms with Crippen molar-refractivity contribution in [3.05, 3.63) is 30.1 Å². The van der Waals surface area contributed by atoms with E-state index in [0.717, 1.165) is 6.42 Å². The van der Waals surface area contributed by atoms with Crippen molar-refractivity contribution in [2.24, 2.45) is 0 Å². The van der Waals surface area contributed by atoms with E-state index in [1.165, 1.54) is 6.07 Å². The summed E-state index contributed by atoms with van der Waals surface area (Å²) >= 11 is 0. The van der Waals surface area contributed by atoms with Crippen LogP contribution in [-0.2, 0) is 9.47 Å². The predicted molar refractivity (Wildman–Crippen MR) is 59.2 cm³/mol. The van der Waals surface area contributed by atoms with Crippen LogP contribution in [0.4, 0.5) is 4.39 Å². The van der Waals surface area contributed by atoms with E-state index in [0.29, 0.717) is 32.2 Å². The van der Waals surface area contributed by atoms with E-state index in [9.17, 15) is 4.39 Å². The highest BCUT2D eigenvalue weighted by atomic mass is 19.1. The maximum absolute atomic E-state index is 13.1. The summed E-state index contributed by atoms with van der Waals surface area (Å²) < 4.78 is 28.4. The molecule has 0 aliphatic carbocycles. The minimum absolute atomic E-state index is 0.291. The Kier molecular flexibility index (Phi) is 6.53. The summed E-state index contributed by atoms with van der Waals surface area (Å²) in [4.78, 5) is 0. The van der Waals surface area contributed by atoms with E-state index in [2.05, 4.69) is 0 Å². The molecule has 1 aromatic carbocycles. The minimum Gasteiger partial charge on any atom is -0.490 e. The molecule has 0 aromatic heterocycles. The molecule has 0 N–H and O–H groups in total. The lowest BCUT2D eigenvalue weighted by molar-refractivity contribution is 0.0642. The van der Waals surface area contributed by atoms with Gasteiger partial charge in [0.25, 0.3) is 0 Å². The first kappa shape index (κ1) is 12.9. The topological polar surface area (TPSA) is 27.7 Å². The van der Waals surface area contributed by atoms with Gasteiger partial charge in [-0.2, -0.15) is 0 Å². The molecule has 0 amide bonds. The number of ether oxygens (including phenoxy) is 3. The van der Waals surface area contributed by atoms with Crippen LogP contribution in [0.2, 0.25) is 0 Å². The van der Waals surface area contributed by atoms with Crippen molar-refractivity contribution < 1.29 is 18.6 Å². The number of halogens is 1. The van der Waals surface area contributed by atoms with Crippen LogP contribution >= 0.6 is 0 Å². The molecule has 3 nitrogen and oxygen atoms in total. The van der Waals surface area contributed by atoms with Crippen LogP contribution in [0.3, 0.4) is 0 Å². The Morgan fingerprint density at radius 3 is 2.62 bits per heavy atom. The van der Waals surface area contributed by atoms with Gasteiger partial charge in [0.2, 0.25) is 0 Å². The number of para-hydroxylation sites is 1. The van der Waals surface area contributed by atoms with Crippen LogP contribution in [0, 0.1) is 5.82 Å². The Labute approximate surface area is 95.1 Å². The van der Waals surface area contributed by atoms with E-state index in [1.54, 1.807) is 25.3 Å². The van der Waals surface area contributed by atoms with Crippen LogP contribution in [0.25, 0.3) is 0 Å². The zero-order valence-electron chi connectivity index (χ0n) is 9.45. The lowest BCUT2D eigenvalue weighted by atomic mass is 10.3. The van der Waals surface area contributed by atoms with Crippen LogP contribution in [-0.4, -0.2) is 33.5 Å². The van der Waals surface area contributed by atoms with Gasteiger partial charge in [-0.25, -0.2) is 4.39 Å². The van der Waals surface area contributed by atoms with Gasteiger partial charge in [0.05, 0.1) is 19.8 Å². The quantitative estimate of drug-likeness (QED) is 0.639. The monoisotopic (exact) mass is 228 g/mol. The van der Waals surface area contributed by atoms with Gasteiger partial charge >= 0.3 is 0 Å². The van der Waals surface area contributed by atoms with Gasteiger partial charge in [0.1, 0.15) is 0 Å². The number of hydrogen-bond donors (Lipinski definition) is 0. The third kappa shape index (κ3) is 5.09. The fourth-order valence-corrected chi connectivity index (χ4v) is 1.15. The molecule has 0 aliphatic heterocycles. The zero-order chi connectivity index (χ0) is 11.6. The molecule has 1 rings (SSSR count). The van der Waals surface area contributed by atoms with E-state index >= 15 is 0 Å². The molecule has 0 unspecified atom stereocenters. The summed E-state index contributed by atoms with van der Waals surface area (Å²) in [5, 5.41) is 0. The first-order chi connectivity index (χ1) is 7.84. The van der Waals surface area contributed by atoms with Crippen molar-refractivity contribution in [2.75, 3.05) is 33.5 Å². The highest BCUT2D eigenvalue weighted by molar-refractivity contribution is 5.23. The van der Waals surface area contributed by atoms with Gasteiger partial charge in [-0.1, -0.05) is 12.1 Å². The average molecular weight is 228 g/mol. The van der Waals surface area contributed by atoms with E-state index in [1.807, 2.05) is 0 Å². The fourth-order valence-electron chi connectivity index (χ4n) is 1.15. The molecule has 1 aromatic rings. The van der Waals surface area contributed by atoms with Crippen LogP contribution in [0.5, 0.6) is 5.75 Å². The second-order valence-corrected chi connectivity index (χ2v) is 3.24. The summed E-state index contributed by atoms with van der Waals surface area (Å²) in [6, 6.07) is 6.37. The third-order valence-electron chi connectivity index (χ3n) is 1.96. The highest BCUT2D eigenvalue weighted by Crippen LogP contribution is 2.15. The summed E-state index contributed by atoms with van der Waals surface area (Å²) in [7, 11) is 1.63. The molecule has 0 spiro atoms. The number of rotatable bonds is 8. The Hall–Kier alpha value is -1.13. The second-order valence-electron chi connectivity index (χ2n) is 3.24. The zero-order valence-corrected chi connectivity index (χ0v) is 9.45. The molecule has 0 bridgehead atoms. The average Bonchev–Trinajstić information content (AvgIpc) is 2.30. The van der Waals surface area contributed by atoms with Gasteiger partial charge < -0.3 is 14.2 Å². The Morgan fingerprint density at radius 2 is 1.88 bits per heavy atom. The molecule has 0 saturated carbocycles. The van der Waals surface area contributed by atoms with Crippen molar-refractivity contribution in [1.29, 1.82) is 0 Å². The summed E-state index contributed by atoms with van der Waals surface area (Å²) in [6.45, 7) is 2.22. The largest absolute Gasteiger partial charge is 0.490 e. The summed E-state index contributed by atoms with van der Waals surface area (Å²) in [6.07, 6.45) is 0.734. The standard InChI is InChI=1S/C12H17FO3/c1-14-9-10-15-7-4-8-16-12-6-3-2-5-11(12)13/h2-3,5-6H,4,7-10H2,1H3. The normalized spacial score (nSPS) is 10.4. The summed E-state index contributed by atoms with van der Waals surface area (Å²) in [5.41, 5.74) is 0. The van der Waals surface area contributed by atoms with Gasteiger partial charge in [-0.15, -0.1) is 0 Å². The van der Waals surface area contributed by atoms with Gasteiger partial charge in [0, 0.05) is 20.1 Å². The van der Waals surface area contributed by atoms with Gasteiger partial charge in [-0.3, -0.25) is 0 Å². The molecule has 0 aliphatic rings. The first-order valence-corrected chi connectivity index (χ1v) is 5.28. The van der Waals surface area contributed by atoms with Crippen LogP contribution < -0.4 is 4.74 Å². The lowest BCUT2D eigenvalue weighted by Crippen LogP contribution is -2.07. The number of benzene rings is 1. The fraction of sp³-hybridized carbons (Fsp3) is 0.500. The maximum Gasteiger partial charge on any atom is 0.165 e. The molecule has 16 heavy (non-hydrogen) atoms. The van der Waals surface area contributed by atoms with Crippen molar-refractivity contribution in [2.45, 2.75) is 6.42 Å². The molecule has 0 fully saturated rings. The van der Waals surface area contributed by atoms with Crippen LogP contribution in [0.1, 0.15) is 6.42 Å². The Balaban J connectivity index is 2.05. The molecule has 4 heteroatoms. The predicted octanol–water partition coefficient (Wildman–Crippen LogP) is 2.26. The van der Waals surface area contributed by atoms with Crippen molar-refractivity contribution in [3.63, 3.8) is 0 Å². The number of methoxy groups -OCH3 is 1. The van der Waals surface area contributed by atoms with Crippen molar-refractivity contribution in [1.82, 2.24) is 0 Å². The molecule has 0 heterocycles. The molecular formula is C12H17FO3. The smallest absolute Gasteiger partial charge is 0.165 e. The van der Waals surface area contributed by atoms with Crippen molar-refractivity contribution >= 4 is 0 Å². The molecular weight excluding hydrogens is 211 g/mol. The van der Waals surface area contributed by atoms with E-state index in [4.69, 9.17) is 14.2 Å². The van der Waals surface area contributed by atoms with E-state index < -0.39 is 0 Å². The van der Waals surface area contributed by atoms with Gasteiger partial charge in [0.15, 0.2) is 11.6 Å². The molecule has 0 atom stereocenters. The second kappa shape index (κ2) is 8.07. The molecule has 90 valence electrons. The Morgan fingerprint density at radius 1 is 1.06 bits per heavy atom. The Bertz CT molecular complexity index is 291. The van der Waals surface area contributed by atoms with E-state index in [-0.39, 0.29) is 5.82 Å². The summed E-state index contributed by atoms with van der Waals surface area (Å²) in [5.74, 6) is -0.0396. The van der Waals surface area contributed by atoms with Gasteiger partial charge in [-0.05, 0) is 12.1 Å².